The second kappa shape index (κ2) is 7.30. The van der Waals surface area contributed by atoms with Crippen LogP contribution < -0.4 is 0 Å². The third-order valence-corrected chi connectivity index (χ3v) is 4.98. The molecule has 5 nitrogen and oxygen atoms in total. The Bertz CT molecular complexity index is 657. The minimum Gasteiger partial charge on any atom is -0.461 e. The molecule has 1 aromatic carbocycles. The summed E-state index contributed by atoms with van der Waals surface area (Å²) in [5.41, 5.74) is 0.886. The van der Waals surface area contributed by atoms with E-state index in [1.54, 1.807) is 0 Å². The van der Waals surface area contributed by atoms with Crippen LogP contribution in [0.1, 0.15) is 24.8 Å². The van der Waals surface area contributed by atoms with Crippen molar-refractivity contribution in [3.8, 4) is 0 Å². The van der Waals surface area contributed by atoms with Crippen LogP contribution in [-0.2, 0) is 25.7 Å². The zero-order valence-electron chi connectivity index (χ0n) is 13.1. The number of carbonyl (C=O) groups is 3. The zero-order valence-corrected chi connectivity index (χ0v) is 14.7. The molecular formula is C18H18BrNO4. The van der Waals surface area contributed by atoms with Gasteiger partial charge in [0.2, 0.25) is 11.8 Å². The first-order chi connectivity index (χ1) is 11.6. The number of likely N-dealkylation sites (tertiary alicyclic amines) is 1. The summed E-state index contributed by atoms with van der Waals surface area (Å²) in [5.74, 6) is -1.22. The molecule has 1 saturated heterocycles. The molecule has 1 aromatic rings. The SMILES string of the molecule is O=C(CCN1C(=O)[C@H]2CC=CC[C@H]2C1=O)OCc1ccc(Br)cc1. The molecule has 2 amide bonds. The van der Waals surface area contributed by atoms with E-state index in [1.165, 1.54) is 4.90 Å². The quantitative estimate of drug-likeness (QED) is 0.439. The zero-order chi connectivity index (χ0) is 17.1. The number of carbonyl (C=O) groups excluding carboxylic acids is 3. The molecule has 2 aliphatic rings. The van der Waals surface area contributed by atoms with Crippen LogP contribution in [0.2, 0.25) is 0 Å². The lowest BCUT2D eigenvalue weighted by atomic mass is 9.85. The Balaban J connectivity index is 1.48. The van der Waals surface area contributed by atoms with Crippen LogP contribution in [0.3, 0.4) is 0 Å². The van der Waals surface area contributed by atoms with Gasteiger partial charge in [-0.25, -0.2) is 0 Å². The summed E-state index contributed by atoms with van der Waals surface area (Å²) in [7, 11) is 0. The molecule has 0 bridgehead atoms. The molecule has 0 N–H and O–H groups in total. The number of ether oxygens (including phenoxy) is 1. The van der Waals surface area contributed by atoms with E-state index in [2.05, 4.69) is 15.9 Å². The third-order valence-electron chi connectivity index (χ3n) is 4.45. The van der Waals surface area contributed by atoms with Gasteiger partial charge in [-0.05, 0) is 30.5 Å². The maximum atomic E-state index is 12.3. The van der Waals surface area contributed by atoms with Crippen LogP contribution in [-0.4, -0.2) is 29.2 Å². The van der Waals surface area contributed by atoms with Crippen LogP contribution in [0.25, 0.3) is 0 Å². The van der Waals surface area contributed by atoms with E-state index in [0.717, 1.165) is 10.0 Å². The number of hydrogen-bond donors (Lipinski definition) is 0. The molecule has 0 aromatic heterocycles. The topological polar surface area (TPSA) is 63.7 Å². The van der Waals surface area contributed by atoms with E-state index in [0.29, 0.717) is 12.8 Å². The summed E-state index contributed by atoms with van der Waals surface area (Å²) < 4.78 is 6.16. The second-order valence-corrected chi connectivity index (χ2v) is 6.94. The van der Waals surface area contributed by atoms with Gasteiger partial charge in [0.25, 0.3) is 0 Å². The molecule has 1 fully saturated rings. The van der Waals surface area contributed by atoms with Crippen LogP contribution in [0.4, 0.5) is 0 Å². The fraction of sp³-hybridized carbons (Fsp3) is 0.389. The Morgan fingerprint density at radius 1 is 1.08 bits per heavy atom. The van der Waals surface area contributed by atoms with Gasteiger partial charge in [-0.3, -0.25) is 19.3 Å². The normalized spacial score (nSPS) is 22.6. The van der Waals surface area contributed by atoms with E-state index in [9.17, 15) is 14.4 Å². The first-order valence-corrected chi connectivity index (χ1v) is 8.76. The Kier molecular flexibility index (Phi) is 5.14. The van der Waals surface area contributed by atoms with Crippen molar-refractivity contribution in [3.63, 3.8) is 0 Å². The maximum absolute atomic E-state index is 12.3. The third kappa shape index (κ3) is 3.59. The number of allylic oxidation sites excluding steroid dienone is 2. The summed E-state index contributed by atoms with van der Waals surface area (Å²) in [6, 6.07) is 7.48. The minimum atomic E-state index is -0.411. The number of esters is 1. The van der Waals surface area contributed by atoms with Gasteiger partial charge in [0, 0.05) is 11.0 Å². The molecule has 1 heterocycles. The van der Waals surface area contributed by atoms with Gasteiger partial charge in [0.15, 0.2) is 0 Å². The van der Waals surface area contributed by atoms with Crippen LogP contribution in [0, 0.1) is 11.8 Å². The number of fused-ring (bicyclic) bond motifs is 1. The fourth-order valence-electron chi connectivity index (χ4n) is 3.11. The standard InChI is InChI=1S/C18H18BrNO4/c19-13-7-5-12(6-8-13)11-24-16(21)9-10-20-17(22)14-3-1-2-4-15(14)18(20)23/h1-2,5-8,14-15H,3-4,9-11H2/t14-,15+. The van der Waals surface area contributed by atoms with Crippen molar-refractivity contribution in [3.05, 3.63) is 46.5 Å². The minimum absolute atomic E-state index is 0.0286. The van der Waals surface area contributed by atoms with Crippen molar-refractivity contribution in [1.29, 1.82) is 0 Å². The van der Waals surface area contributed by atoms with Crippen LogP contribution in [0.5, 0.6) is 0 Å². The summed E-state index contributed by atoms with van der Waals surface area (Å²) in [6.07, 6.45) is 5.14. The van der Waals surface area contributed by atoms with Gasteiger partial charge in [-0.15, -0.1) is 0 Å². The van der Waals surface area contributed by atoms with Gasteiger partial charge >= 0.3 is 5.97 Å². The Morgan fingerprint density at radius 2 is 1.67 bits per heavy atom. The number of rotatable bonds is 5. The number of amides is 2. The van der Waals surface area contributed by atoms with Crippen molar-refractivity contribution in [2.75, 3.05) is 6.54 Å². The van der Waals surface area contributed by atoms with Crippen molar-refractivity contribution in [2.24, 2.45) is 11.8 Å². The fourth-order valence-corrected chi connectivity index (χ4v) is 3.37. The molecule has 2 atom stereocenters. The number of nitrogens with zero attached hydrogens (tertiary/aromatic N) is 1. The highest BCUT2D eigenvalue weighted by atomic mass is 79.9. The molecule has 3 rings (SSSR count). The molecule has 0 spiro atoms. The van der Waals surface area contributed by atoms with Crippen molar-refractivity contribution < 1.29 is 19.1 Å². The predicted molar refractivity (Wildman–Crippen MR) is 90.6 cm³/mol. The van der Waals surface area contributed by atoms with Gasteiger partial charge in [-0.2, -0.15) is 0 Å². The molecule has 1 aliphatic heterocycles. The van der Waals surface area contributed by atoms with Crippen molar-refractivity contribution >= 4 is 33.7 Å². The number of benzene rings is 1. The monoisotopic (exact) mass is 391 g/mol. The maximum Gasteiger partial charge on any atom is 0.307 e. The predicted octanol–water partition coefficient (Wildman–Crippen LogP) is 2.83. The van der Waals surface area contributed by atoms with Gasteiger partial charge in [0.05, 0.1) is 18.3 Å². The largest absolute Gasteiger partial charge is 0.461 e. The molecule has 6 heteroatoms. The number of imide groups is 1. The highest BCUT2D eigenvalue weighted by molar-refractivity contribution is 9.10. The summed E-state index contributed by atoms with van der Waals surface area (Å²) in [6.45, 7) is 0.285. The smallest absolute Gasteiger partial charge is 0.307 e. The van der Waals surface area contributed by atoms with E-state index >= 15 is 0 Å². The molecule has 1 aliphatic carbocycles. The number of halogens is 1. The molecule has 0 radical (unpaired) electrons. The lowest BCUT2D eigenvalue weighted by Gasteiger charge is -2.14. The Morgan fingerprint density at radius 3 is 2.25 bits per heavy atom. The molecule has 24 heavy (non-hydrogen) atoms. The molecule has 0 unspecified atom stereocenters. The van der Waals surface area contributed by atoms with Crippen molar-refractivity contribution in [2.45, 2.75) is 25.9 Å². The first-order valence-electron chi connectivity index (χ1n) is 7.96. The van der Waals surface area contributed by atoms with E-state index in [-0.39, 0.29) is 43.2 Å². The Hall–Kier alpha value is -1.95. The average molecular weight is 392 g/mol. The Labute approximate surface area is 148 Å². The molecule has 126 valence electrons. The average Bonchev–Trinajstić information content (AvgIpc) is 2.84. The lowest BCUT2D eigenvalue weighted by Crippen LogP contribution is -2.33. The van der Waals surface area contributed by atoms with E-state index in [1.807, 2.05) is 36.4 Å². The summed E-state index contributed by atoms with van der Waals surface area (Å²) in [5, 5.41) is 0. The summed E-state index contributed by atoms with van der Waals surface area (Å²) in [4.78, 5) is 37.7. The van der Waals surface area contributed by atoms with Crippen LogP contribution >= 0.6 is 15.9 Å². The van der Waals surface area contributed by atoms with E-state index < -0.39 is 5.97 Å². The first kappa shape index (κ1) is 16.9. The van der Waals surface area contributed by atoms with Crippen molar-refractivity contribution in [1.82, 2.24) is 4.90 Å². The summed E-state index contributed by atoms with van der Waals surface area (Å²) >= 11 is 3.34. The second-order valence-electron chi connectivity index (χ2n) is 6.02. The van der Waals surface area contributed by atoms with Crippen LogP contribution in [0.15, 0.2) is 40.9 Å². The van der Waals surface area contributed by atoms with E-state index in [4.69, 9.17) is 4.74 Å². The highest BCUT2D eigenvalue weighted by Crippen LogP contribution is 2.35. The molecular weight excluding hydrogens is 374 g/mol. The van der Waals surface area contributed by atoms with Gasteiger partial charge in [-0.1, -0.05) is 40.2 Å². The molecule has 0 saturated carbocycles. The van der Waals surface area contributed by atoms with Gasteiger partial charge in [0.1, 0.15) is 6.61 Å². The lowest BCUT2D eigenvalue weighted by molar-refractivity contribution is -0.146. The highest BCUT2D eigenvalue weighted by Gasteiger charge is 2.46. The number of hydrogen-bond acceptors (Lipinski definition) is 4. The van der Waals surface area contributed by atoms with Gasteiger partial charge < -0.3 is 4.74 Å².